The first-order valence-electron chi connectivity index (χ1n) is 6.91. The van der Waals surface area contributed by atoms with Gasteiger partial charge in [-0.05, 0) is 42.8 Å². The molecule has 1 N–H and O–H groups in total. The molecule has 0 amide bonds. The van der Waals surface area contributed by atoms with Crippen molar-refractivity contribution in [3.8, 4) is 0 Å². The molecule has 1 aliphatic heterocycles. The van der Waals surface area contributed by atoms with Crippen LogP contribution in [0.15, 0.2) is 36.7 Å². The smallest absolute Gasteiger partial charge is 0.0645 e. The van der Waals surface area contributed by atoms with Crippen LogP contribution in [-0.2, 0) is 11.3 Å². The predicted molar refractivity (Wildman–Crippen MR) is 77.0 cm³/mol. The molecule has 1 aromatic carbocycles. The summed E-state index contributed by atoms with van der Waals surface area (Å²) in [5.41, 5.74) is 1.43. The lowest BCUT2D eigenvalue weighted by atomic mass is 9.94. The molecule has 1 fully saturated rings. The van der Waals surface area contributed by atoms with Gasteiger partial charge in [0, 0.05) is 36.5 Å². The molecule has 1 saturated heterocycles. The number of ether oxygens (including phenoxy) is 1. The molecular formula is C16H20N2O. The Kier molecular flexibility index (Phi) is 3.49. The van der Waals surface area contributed by atoms with Gasteiger partial charge in [-0.1, -0.05) is 12.1 Å². The van der Waals surface area contributed by atoms with Crippen LogP contribution in [0.3, 0.4) is 0 Å². The van der Waals surface area contributed by atoms with Crippen molar-refractivity contribution in [3.63, 3.8) is 0 Å². The molecule has 1 aromatic heterocycles. The van der Waals surface area contributed by atoms with Gasteiger partial charge in [0.05, 0.1) is 6.61 Å². The molecule has 1 atom stereocenters. The fourth-order valence-electron chi connectivity index (χ4n) is 2.63. The number of hydrogen-bond acceptors (Lipinski definition) is 3. The molecule has 3 nitrogen and oxygen atoms in total. The molecule has 2 heterocycles. The van der Waals surface area contributed by atoms with Gasteiger partial charge in [-0.3, -0.25) is 4.98 Å². The largest absolute Gasteiger partial charge is 0.380 e. The molecule has 0 bridgehead atoms. The van der Waals surface area contributed by atoms with Gasteiger partial charge in [0.1, 0.15) is 0 Å². The summed E-state index contributed by atoms with van der Waals surface area (Å²) < 4.78 is 5.57. The van der Waals surface area contributed by atoms with E-state index >= 15 is 0 Å². The molecular weight excluding hydrogens is 236 g/mol. The fourth-order valence-corrected chi connectivity index (χ4v) is 2.63. The van der Waals surface area contributed by atoms with Crippen molar-refractivity contribution in [2.45, 2.75) is 31.8 Å². The normalized spacial score (nSPS) is 23.6. The van der Waals surface area contributed by atoms with Crippen LogP contribution in [0.2, 0.25) is 0 Å². The summed E-state index contributed by atoms with van der Waals surface area (Å²) in [5.74, 6) is 0. The minimum Gasteiger partial charge on any atom is -0.380 e. The van der Waals surface area contributed by atoms with E-state index in [9.17, 15) is 0 Å². The van der Waals surface area contributed by atoms with Crippen molar-refractivity contribution >= 4 is 10.8 Å². The average molecular weight is 256 g/mol. The monoisotopic (exact) mass is 256 g/mol. The lowest BCUT2D eigenvalue weighted by Crippen LogP contribution is -2.48. The first-order valence-corrected chi connectivity index (χ1v) is 6.91. The summed E-state index contributed by atoms with van der Waals surface area (Å²) in [6, 6.07) is 8.60. The number of fused-ring (bicyclic) bond motifs is 1. The Balaban J connectivity index is 1.71. The second kappa shape index (κ2) is 5.27. The molecule has 0 radical (unpaired) electrons. The summed E-state index contributed by atoms with van der Waals surface area (Å²) in [6.45, 7) is 4.85. The van der Waals surface area contributed by atoms with Crippen molar-refractivity contribution in [1.29, 1.82) is 0 Å². The van der Waals surface area contributed by atoms with E-state index in [0.29, 0.717) is 0 Å². The molecule has 3 heteroatoms. The van der Waals surface area contributed by atoms with Crippen molar-refractivity contribution in [2.75, 3.05) is 13.2 Å². The number of benzene rings is 1. The van der Waals surface area contributed by atoms with Crippen molar-refractivity contribution in [2.24, 2.45) is 0 Å². The van der Waals surface area contributed by atoms with E-state index in [4.69, 9.17) is 4.74 Å². The summed E-state index contributed by atoms with van der Waals surface area (Å²) in [6.07, 6.45) is 6.08. The molecule has 19 heavy (non-hydrogen) atoms. The number of rotatable bonds is 3. The lowest BCUT2D eigenvalue weighted by Gasteiger charge is -2.34. The average Bonchev–Trinajstić information content (AvgIpc) is 2.46. The maximum absolute atomic E-state index is 5.57. The number of nitrogens with zero attached hydrogens (tertiary/aromatic N) is 1. The highest BCUT2D eigenvalue weighted by Gasteiger charge is 2.26. The molecule has 3 rings (SSSR count). The summed E-state index contributed by atoms with van der Waals surface area (Å²) in [4.78, 5) is 4.14. The van der Waals surface area contributed by atoms with E-state index in [2.05, 4.69) is 41.5 Å². The fraction of sp³-hybridized carbons (Fsp3) is 0.438. The highest BCUT2D eigenvalue weighted by molar-refractivity contribution is 5.81. The topological polar surface area (TPSA) is 34.2 Å². The predicted octanol–water partition coefficient (Wildman–Crippen LogP) is 2.89. The maximum atomic E-state index is 5.57. The summed E-state index contributed by atoms with van der Waals surface area (Å²) in [7, 11) is 0. The van der Waals surface area contributed by atoms with Crippen LogP contribution in [0.25, 0.3) is 10.8 Å². The minimum absolute atomic E-state index is 0.117. The van der Waals surface area contributed by atoms with E-state index in [0.717, 1.165) is 26.2 Å². The van der Waals surface area contributed by atoms with Crippen LogP contribution in [0.1, 0.15) is 25.3 Å². The third-order valence-electron chi connectivity index (χ3n) is 3.86. The van der Waals surface area contributed by atoms with Gasteiger partial charge in [-0.25, -0.2) is 0 Å². The first-order chi connectivity index (χ1) is 9.25. The number of hydrogen-bond donors (Lipinski definition) is 1. The van der Waals surface area contributed by atoms with Gasteiger partial charge in [-0.2, -0.15) is 0 Å². The van der Waals surface area contributed by atoms with Crippen molar-refractivity contribution in [1.82, 2.24) is 10.3 Å². The molecule has 0 aliphatic carbocycles. The highest BCUT2D eigenvalue weighted by atomic mass is 16.5. The van der Waals surface area contributed by atoms with E-state index in [1.807, 2.05) is 12.4 Å². The Morgan fingerprint density at radius 2 is 2.26 bits per heavy atom. The zero-order valence-corrected chi connectivity index (χ0v) is 11.4. The van der Waals surface area contributed by atoms with Gasteiger partial charge in [-0.15, -0.1) is 0 Å². The molecule has 0 spiro atoms. The van der Waals surface area contributed by atoms with Crippen LogP contribution in [0.5, 0.6) is 0 Å². The van der Waals surface area contributed by atoms with Gasteiger partial charge in [0.25, 0.3) is 0 Å². The number of aromatic nitrogens is 1. The second-order valence-electron chi connectivity index (χ2n) is 5.63. The summed E-state index contributed by atoms with van der Waals surface area (Å²) >= 11 is 0. The van der Waals surface area contributed by atoms with Crippen LogP contribution < -0.4 is 5.32 Å². The molecule has 1 aliphatic rings. The van der Waals surface area contributed by atoms with Crippen molar-refractivity contribution in [3.05, 3.63) is 42.2 Å². The minimum atomic E-state index is 0.117. The van der Waals surface area contributed by atoms with Crippen LogP contribution >= 0.6 is 0 Å². The Hall–Kier alpha value is -1.45. The quantitative estimate of drug-likeness (QED) is 0.917. The molecule has 1 unspecified atom stereocenters. The van der Waals surface area contributed by atoms with Gasteiger partial charge < -0.3 is 10.1 Å². The Morgan fingerprint density at radius 3 is 3.11 bits per heavy atom. The standard InChI is InChI=1S/C16H20N2O/c1-16(6-2-8-19-12-16)18-10-13-3-4-15-11-17-7-5-14(15)9-13/h3-5,7,9,11,18H,2,6,8,10,12H2,1H3. The number of pyridine rings is 1. The Morgan fingerprint density at radius 1 is 1.32 bits per heavy atom. The molecule has 0 saturated carbocycles. The third-order valence-corrected chi connectivity index (χ3v) is 3.86. The zero-order chi connectivity index (χ0) is 13.1. The van der Waals surface area contributed by atoms with Gasteiger partial charge in [0.15, 0.2) is 0 Å². The third kappa shape index (κ3) is 2.94. The van der Waals surface area contributed by atoms with E-state index < -0.39 is 0 Å². The van der Waals surface area contributed by atoms with E-state index in [1.54, 1.807) is 0 Å². The van der Waals surface area contributed by atoms with E-state index in [1.165, 1.54) is 22.8 Å². The van der Waals surface area contributed by atoms with Crippen LogP contribution in [0, 0.1) is 0 Å². The van der Waals surface area contributed by atoms with Crippen LogP contribution in [-0.4, -0.2) is 23.7 Å². The van der Waals surface area contributed by atoms with Crippen LogP contribution in [0.4, 0.5) is 0 Å². The Labute approximate surface area is 114 Å². The van der Waals surface area contributed by atoms with E-state index in [-0.39, 0.29) is 5.54 Å². The van der Waals surface area contributed by atoms with Crippen molar-refractivity contribution < 1.29 is 4.74 Å². The summed E-state index contributed by atoms with van der Waals surface area (Å²) in [5, 5.41) is 6.08. The molecule has 2 aromatic rings. The SMILES string of the molecule is CC1(NCc2ccc3cnccc3c2)CCCOC1. The van der Waals surface area contributed by atoms with Gasteiger partial charge >= 0.3 is 0 Å². The van der Waals surface area contributed by atoms with Gasteiger partial charge in [0.2, 0.25) is 0 Å². The zero-order valence-electron chi connectivity index (χ0n) is 11.4. The highest BCUT2D eigenvalue weighted by Crippen LogP contribution is 2.20. The lowest BCUT2D eigenvalue weighted by molar-refractivity contribution is 0.0278. The number of nitrogens with one attached hydrogen (secondary N) is 1. The first kappa shape index (κ1) is 12.6. The second-order valence-corrected chi connectivity index (χ2v) is 5.63. The Bertz CT molecular complexity index is 561. The molecule has 100 valence electrons. The maximum Gasteiger partial charge on any atom is 0.0645 e.